The van der Waals surface area contributed by atoms with Gasteiger partial charge in [-0.3, -0.25) is 4.79 Å². The van der Waals surface area contributed by atoms with Crippen LogP contribution in [0.15, 0.2) is 0 Å². The lowest BCUT2D eigenvalue weighted by Gasteiger charge is -2.03. The van der Waals surface area contributed by atoms with Gasteiger partial charge in [-0.05, 0) is 5.92 Å². The molecular formula is C11H16N2O3S. The van der Waals surface area contributed by atoms with E-state index in [-0.39, 0.29) is 22.6 Å². The van der Waals surface area contributed by atoms with Crippen LogP contribution in [0.5, 0.6) is 0 Å². The average Bonchev–Trinajstić information content (AvgIpc) is 2.61. The molecule has 1 rings (SSSR count). The van der Waals surface area contributed by atoms with Gasteiger partial charge in [-0.1, -0.05) is 39.0 Å². The van der Waals surface area contributed by atoms with E-state index in [2.05, 4.69) is 10.3 Å². The molecule has 0 aliphatic carbocycles. The van der Waals surface area contributed by atoms with Gasteiger partial charge in [0, 0.05) is 5.92 Å². The Labute approximate surface area is 104 Å². The number of hydrogen-bond donors (Lipinski definition) is 2. The Morgan fingerprint density at radius 1 is 1.29 bits per heavy atom. The molecule has 0 aromatic carbocycles. The van der Waals surface area contributed by atoms with Crippen LogP contribution in [0.4, 0.5) is 5.13 Å². The predicted octanol–water partition coefficient (Wildman–Crippen LogP) is 2.56. The molecule has 1 heterocycles. The fourth-order valence-electron chi connectivity index (χ4n) is 1.18. The third-order valence-corrected chi connectivity index (χ3v) is 3.12. The van der Waals surface area contributed by atoms with Crippen LogP contribution in [0, 0.1) is 5.92 Å². The minimum absolute atomic E-state index is 0.0158. The van der Waals surface area contributed by atoms with Crippen molar-refractivity contribution >= 4 is 28.3 Å². The summed E-state index contributed by atoms with van der Waals surface area (Å²) in [6, 6.07) is 0. The van der Waals surface area contributed by atoms with E-state index in [1.807, 2.05) is 13.8 Å². The summed E-state index contributed by atoms with van der Waals surface area (Å²) in [5.41, 5.74) is 0.515. The summed E-state index contributed by atoms with van der Waals surface area (Å²) in [5.74, 6) is -1.31. The van der Waals surface area contributed by atoms with Crippen LogP contribution in [0.25, 0.3) is 0 Å². The largest absolute Gasteiger partial charge is 0.477 e. The van der Waals surface area contributed by atoms with E-state index >= 15 is 0 Å². The van der Waals surface area contributed by atoms with Gasteiger partial charge in [-0.25, -0.2) is 9.78 Å². The second-order valence-corrected chi connectivity index (χ2v) is 5.34. The molecule has 94 valence electrons. The van der Waals surface area contributed by atoms with Crippen molar-refractivity contribution in [3.05, 3.63) is 10.6 Å². The second kappa shape index (κ2) is 5.27. The van der Waals surface area contributed by atoms with Crippen LogP contribution in [0.2, 0.25) is 0 Å². The Morgan fingerprint density at radius 2 is 1.88 bits per heavy atom. The Hall–Kier alpha value is -1.43. The molecule has 0 aliphatic heterocycles. The average molecular weight is 256 g/mol. The van der Waals surface area contributed by atoms with Gasteiger partial charge in [0.2, 0.25) is 5.91 Å². The van der Waals surface area contributed by atoms with Gasteiger partial charge in [0.25, 0.3) is 0 Å². The number of anilines is 1. The summed E-state index contributed by atoms with van der Waals surface area (Å²) in [7, 11) is 0. The number of aromatic nitrogens is 1. The first-order chi connectivity index (χ1) is 7.82. The lowest BCUT2D eigenvalue weighted by Crippen LogP contribution is -2.17. The zero-order chi connectivity index (χ0) is 13.2. The number of carbonyl (C=O) groups excluding carboxylic acids is 1. The summed E-state index contributed by atoms with van der Waals surface area (Å²) >= 11 is 0.999. The number of carboxylic acid groups (broad SMARTS) is 1. The smallest absolute Gasteiger partial charge is 0.347 e. The monoisotopic (exact) mass is 256 g/mol. The molecule has 2 N–H and O–H groups in total. The van der Waals surface area contributed by atoms with E-state index in [1.54, 1.807) is 13.8 Å². The van der Waals surface area contributed by atoms with Gasteiger partial charge in [0.15, 0.2) is 5.13 Å². The van der Waals surface area contributed by atoms with Crippen LogP contribution < -0.4 is 5.32 Å². The maximum atomic E-state index is 11.5. The first kappa shape index (κ1) is 13.6. The summed E-state index contributed by atoms with van der Waals surface area (Å²) in [6.45, 7) is 7.28. The predicted molar refractivity (Wildman–Crippen MR) is 66.6 cm³/mol. The van der Waals surface area contributed by atoms with Crippen molar-refractivity contribution in [3.8, 4) is 0 Å². The Balaban J connectivity index is 3.00. The minimum Gasteiger partial charge on any atom is -0.477 e. The fraction of sp³-hybridized carbons (Fsp3) is 0.545. The third kappa shape index (κ3) is 3.26. The quantitative estimate of drug-likeness (QED) is 0.867. The number of thiazole rings is 1. The van der Waals surface area contributed by atoms with Gasteiger partial charge < -0.3 is 10.4 Å². The van der Waals surface area contributed by atoms with Gasteiger partial charge in [-0.2, -0.15) is 0 Å². The molecule has 1 amide bonds. The molecule has 1 aromatic rings. The molecule has 0 saturated carbocycles. The van der Waals surface area contributed by atoms with E-state index in [0.717, 1.165) is 11.3 Å². The highest BCUT2D eigenvalue weighted by Crippen LogP contribution is 2.28. The molecule has 0 radical (unpaired) electrons. The summed E-state index contributed by atoms with van der Waals surface area (Å²) in [6.07, 6.45) is 0. The zero-order valence-electron chi connectivity index (χ0n) is 10.3. The Morgan fingerprint density at radius 3 is 2.24 bits per heavy atom. The molecule has 0 atom stereocenters. The van der Waals surface area contributed by atoms with E-state index in [9.17, 15) is 9.59 Å². The van der Waals surface area contributed by atoms with Gasteiger partial charge in [0.05, 0.1) is 5.69 Å². The highest BCUT2D eigenvalue weighted by molar-refractivity contribution is 7.17. The van der Waals surface area contributed by atoms with Crippen molar-refractivity contribution < 1.29 is 14.7 Å². The minimum atomic E-state index is -1.00. The molecule has 0 spiro atoms. The first-order valence-corrected chi connectivity index (χ1v) is 6.19. The molecule has 0 fully saturated rings. The molecule has 0 unspecified atom stereocenters. The zero-order valence-corrected chi connectivity index (χ0v) is 11.1. The molecule has 0 saturated heterocycles. The van der Waals surface area contributed by atoms with Crippen LogP contribution in [0.3, 0.4) is 0 Å². The fourth-order valence-corrected chi connectivity index (χ4v) is 2.14. The second-order valence-electron chi connectivity index (χ2n) is 4.34. The number of nitrogens with one attached hydrogen (secondary N) is 1. The van der Waals surface area contributed by atoms with Crippen LogP contribution in [0.1, 0.15) is 49.0 Å². The van der Waals surface area contributed by atoms with Gasteiger partial charge >= 0.3 is 5.97 Å². The maximum absolute atomic E-state index is 11.5. The Bertz CT molecular complexity index is 438. The summed E-state index contributed by atoms with van der Waals surface area (Å²) in [4.78, 5) is 26.9. The maximum Gasteiger partial charge on any atom is 0.347 e. The number of nitrogens with zero attached hydrogens (tertiary/aromatic N) is 1. The van der Waals surface area contributed by atoms with Crippen molar-refractivity contribution in [2.24, 2.45) is 5.92 Å². The molecule has 1 aromatic heterocycles. The van der Waals surface area contributed by atoms with Crippen molar-refractivity contribution in [2.75, 3.05) is 5.32 Å². The molecule has 6 heteroatoms. The standard InChI is InChI=1S/C11H16N2O3S/c1-5(2)7-8(10(15)16)17-11(12-7)13-9(14)6(3)4/h5-6H,1-4H3,(H,15,16)(H,12,13,14). The lowest BCUT2D eigenvalue weighted by molar-refractivity contribution is -0.118. The number of rotatable bonds is 4. The first-order valence-electron chi connectivity index (χ1n) is 5.37. The highest BCUT2D eigenvalue weighted by Gasteiger charge is 2.20. The number of hydrogen-bond acceptors (Lipinski definition) is 4. The van der Waals surface area contributed by atoms with E-state index in [0.29, 0.717) is 10.8 Å². The lowest BCUT2D eigenvalue weighted by atomic mass is 10.1. The van der Waals surface area contributed by atoms with Crippen LogP contribution in [-0.2, 0) is 4.79 Å². The summed E-state index contributed by atoms with van der Waals surface area (Å²) in [5, 5.41) is 12.0. The van der Waals surface area contributed by atoms with Crippen LogP contribution >= 0.6 is 11.3 Å². The molecular weight excluding hydrogens is 240 g/mol. The number of carboxylic acids is 1. The van der Waals surface area contributed by atoms with Crippen molar-refractivity contribution in [1.29, 1.82) is 0 Å². The van der Waals surface area contributed by atoms with Gasteiger partial charge in [0.1, 0.15) is 4.88 Å². The van der Waals surface area contributed by atoms with Crippen molar-refractivity contribution in [3.63, 3.8) is 0 Å². The Kier molecular flexibility index (Phi) is 4.22. The van der Waals surface area contributed by atoms with Crippen molar-refractivity contribution in [1.82, 2.24) is 4.98 Å². The normalized spacial score (nSPS) is 10.9. The van der Waals surface area contributed by atoms with Crippen LogP contribution in [-0.4, -0.2) is 22.0 Å². The number of amides is 1. The van der Waals surface area contributed by atoms with E-state index in [1.165, 1.54) is 0 Å². The SMILES string of the molecule is CC(C)C(=O)Nc1nc(C(C)C)c(C(=O)O)s1. The van der Waals surface area contributed by atoms with Crippen molar-refractivity contribution in [2.45, 2.75) is 33.6 Å². The topological polar surface area (TPSA) is 79.3 Å². The molecule has 5 nitrogen and oxygen atoms in total. The highest BCUT2D eigenvalue weighted by atomic mass is 32.1. The number of carbonyl (C=O) groups is 2. The molecule has 0 aliphatic rings. The van der Waals surface area contributed by atoms with E-state index < -0.39 is 5.97 Å². The third-order valence-electron chi connectivity index (χ3n) is 2.15. The molecule has 0 bridgehead atoms. The molecule has 17 heavy (non-hydrogen) atoms. The summed E-state index contributed by atoms with van der Waals surface area (Å²) < 4.78 is 0. The van der Waals surface area contributed by atoms with E-state index in [4.69, 9.17) is 5.11 Å². The number of aromatic carboxylic acids is 1. The van der Waals surface area contributed by atoms with Gasteiger partial charge in [-0.15, -0.1) is 0 Å².